The highest BCUT2D eigenvalue weighted by Gasteiger charge is 2.48. The number of hydrogen-bond donors (Lipinski definition) is 1. The third kappa shape index (κ3) is 11.3. The number of ether oxygens (including phenoxy) is 2. The minimum absolute atomic E-state index is 0.0164. The molecule has 3 aromatic rings. The molecule has 0 bridgehead atoms. The van der Waals surface area contributed by atoms with Crippen molar-refractivity contribution in [3.8, 4) is 0 Å². The molecule has 0 radical (unpaired) electrons. The average molecular weight is 710 g/mol. The highest BCUT2D eigenvalue weighted by molar-refractivity contribution is 6.25. The first-order chi connectivity index (χ1) is 25.1. The predicted molar refractivity (Wildman–Crippen MR) is 199 cm³/mol. The van der Waals surface area contributed by atoms with Gasteiger partial charge >= 0.3 is 12.1 Å². The summed E-state index contributed by atoms with van der Waals surface area (Å²) in [4.78, 5) is 69.6. The number of aliphatic hydroxyl groups is 1. The van der Waals surface area contributed by atoms with Gasteiger partial charge in [0.1, 0.15) is 6.10 Å². The Bertz CT molecular complexity index is 1690. The lowest BCUT2D eigenvalue weighted by molar-refractivity contribution is -0.158. The number of nitrogens with zero attached hydrogens (tertiary/aromatic N) is 1. The summed E-state index contributed by atoms with van der Waals surface area (Å²) in [6.45, 7) is 4.97. The van der Waals surface area contributed by atoms with E-state index in [9.17, 15) is 24.0 Å². The zero-order chi connectivity index (χ0) is 37.5. The van der Waals surface area contributed by atoms with E-state index in [0.717, 1.165) is 62.3 Å². The molecule has 1 aliphatic rings. The molecular weight excluding hydrogens is 658 g/mol. The van der Waals surface area contributed by atoms with E-state index in [2.05, 4.69) is 0 Å². The van der Waals surface area contributed by atoms with Crippen LogP contribution < -0.4 is 0 Å². The Morgan fingerprint density at radius 3 is 2.08 bits per heavy atom. The molecule has 1 saturated heterocycles. The lowest BCUT2D eigenvalue weighted by atomic mass is 9.87. The lowest BCUT2D eigenvalue weighted by Gasteiger charge is -2.29. The number of hydrogen-bond acceptors (Lipinski definition) is 8. The fourth-order valence-electron chi connectivity index (χ4n) is 6.69. The number of rotatable bonds is 20. The second kappa shape index (κ2) is 20.2. The number of aryl methyl sites for hydroxylation is 1. The number of allylic oxidation sites excluding steroid dienone is 1. The van der Waals surface area contributed by atoms with E-state index in [1.807, 2.05) is 61.5 Å². The molecule has 9 nitrogen and oxygen atoms in total. The molecule has 0 aromatic heterocycles. The summed E-state index contributed by atoms with van der Waals surface area (Å²) in [6.07, 6.45) is 5.73. The fourth-order valence-corrected chi connectivity index (χ4v) is 6.69. The van der Waals surface area contributed by atoms with Crippen LogP contribution in [0.5, 0.6) is 0 Å². The van der Waals surface area contributed by atoms with Crippen molar-refractivity contribution in [3.05, 3.63) is 113 Å². The molecule has 276 valence electrons. The van der Waals surface area contributed by atoms with Gasteiger partial charge in [-0.1, -0.05) is 129 Å². The van der Waals surface area contributed by atoms with E-state index >= 15 is 0 Å². The van der Waals surface area contributed by atoms with E-state index in [-0.39, 0.29) is 30.8 Å². The summed E-state index contributed by atoms with van der Waals surface area (Å²) in [6, 6.07) is 24.7. The van der Waals surface area contributed by atoms with Crippen LogP contribution >= 0.6 is 0 Å². The van der Waals surface area contributed by atoms with Gasteiger partial charge in [0.25, 0.3) is 0 Å². The van der Waals surface area contributed by atoms with Crippen molar-refractivity contribution in [1.82, 2.24) is 4.90 Å². The molecule has 4 rings (SSSR count). The zero-order valence-corrected chi connectivity index (χ0v) is 30.5. The molecule has 3 aromatic carbocycles. The van der Waals surface area contributed by atoms with Crippen LogP contribution in [0.2, 0.25) is 0 Å². The normalized spacial score (nSPS) is 17.0. The Balaban J connectivity index is 1.64. The molecule has 9 heteroatoms. The van der Waals surface area contributed by atoms with E-state index in [1.165, 1.54) is 6.08 Å². The Morgan fingerprint density at radius 1 is 0.846 bits per heavy atom. The maximum atomic E-state index is 14.5. The van der Waals surface area contributed by atoms with Gasteiger partial charge in [-0.15, -0.1) is 0 Å². The summed E-state index contributed by atoms with van der Waals surface area (Å²) in [7, 11) is 0. The summed E-state index contributed by atoms with van der Waals surface area (Å²) in [5.74, 6) is -3.75. The van der Waals surface area contributed by atoms with Crippen LogP contribution in [0.15, 0.2) is 91.0 Å². The number of cyclic esters (lactones) is 1. The Hall–Kier alpha value is -4.89. The minimum atomic E-state index is -1.63. The monoisotopic (exact) mass is 709 g/mol. The molecule has 0 spiro atoms. The molecule has 1 heterocycles. The molecule has 4 atom stereocenters. The van der Waals surface area contributed by atoms with E-state index in [1.54, 1.807) is 37.3 Å². The van der Waals surface area contributed by atoms with Gasteiger partial charge in [0, 0.05) is 25.5 Å². The van der Waals surface area contributed by atoms with E-state index < -0.39 is 47.9 Å². The molecule has 1 aliphatic heterocycles. The number of amides is 2. The van der Waals surface area contributed by atoms with Crippen LogP contribution in [0.3, 0.4) is 0 Å². The third-order valence-electron chi connectivity index (χ3n) is 9.42. The first-order valence-corrected chi connectivity index (χ1v) is 18.4. The van der Waals surface area contributed by atoms with Gasteiger partial charge in [-0.25, -0.2) is 9.69 Å². The van der Waals surface area contributed by atoms with Crippen LogP contribution in [-0.2, 0) is 35.1 Å². The van der Waals surface area contributed by atoms with Crippen molar-refractivity contribution in [2.45, 2.75) is 103 Å². The van der Waals surface area contributed by atoms with Crippen molar-refractivity contribution in [2.24, 2.45) is 5.92 Å². The topological polar surface area (TPSA) is 127 Å². The fraction of sp³-hybridized carbons (Fsp3) is 0.419. The molecule has 2 amide bonds. The summed E-state index contributed by atoms with van der Waals surface area (Å²) >= 11 is 0. The van der Waals surface area contributed by atoms with Crippen LogP contribution in [0.4, 0.5) is 4.79 Å². The molecule has 0 unspecified atom stereocenters. The molecule has 1 fully saturated rings. The number of ketones is 2. The van der Waals surface area contributed by atoms with Crippen LogP contribution in [0, 0.1) is 12.8 Å². The second-order valence-corrected chi connectivity index (χ2v) is 13.5. The number of benzene rings is 3. The zero-order valence-electron chi connectivity index (χ0n) is 30.5. The Kier molecular flexibility index (Phi) is 15.5. The predicted octanol–water partition coefficient (Wildman–Crippen LogP) is 7.92. The number of carbonyl (C=O) groups is 5. The average Bonchev–Trinajstić information content (AvgIpc) is 3.44. The summed E-state index contributed by atoms with van der Waals surface area (Å²) in [5, 5.41) is 8.96. The first-order valence-electron chi connectivity index (χ1n) is 18.4. The van der Waals surface area contributed by atoms with Gasteiger partial charge in [-0.05, 0) is 55.9 Å². The third-order valence-corrected chi connectivity index (χ3v) is 9.42. The van der Waals surface area contributed by atoms with Gasteiger partial charge in [-0.3, -0.25) is 19.2 Å². The highest BCUT2D eigenvalue weighted by Crippen LogP contribution is 2.35. The summed E-state index contributed by atoms with van der Waals surface area (Å²) in [5.41, 5.74) is 3.04. The largest absolute Gasteiger partial charge is 0.453 e. The smallest absolute Gasteiger partial charge is 0.417 e. The van der Waals surface area contributed by atoms with Crippen molar-refractivity contribution in [3.63, 3.8) is 0 Å². The van der Waals surface area contributed by atoms with Gasteiger partial charge in [-0.2, -0.15) is 0 Å². The van der Waals surface area contributed by atoms with E-state index in [0.29, 0.717) is 23.1 Å². The number of imide groups is 1. The van der Waals surface area contributed by atoms with Crippen LogP contribution in [0.1, 0.15) is 100.0 Å². The van der Waals surface area contributed by atoms with Crippen molar-refractivity contribution in [1.29, 1.82) is 0 Å². The number of aliphatic hydroxyl groups excluding tert-OH is 1. The highest BCUT2D eigenvalue weighted by atomic mass is 16.6. The minimum Gasteiger partial charge on any atom is -0.453 e. The van der Waals surface area contributed by atoms with E-state index in [4.69, 9.17) is 14.6 Å². The van der Waals surface area contributed by atoms with Crippen LogP contribution in [-0.4, -0.2) is 58.3 Å². The quantitative estimate of drug-likeness (QED) is 0.0712. The van der Waals surface area contributed by atoms with Crippen LogP contribution in [0.25, 0.3) is 5.57 Å². The molecular formula is C43H51NO8. The van der Waals surface area contributed by atoms with Gasteiger partial charge in [0.2, 0.25) is 5.91 Å². The second-order valence-electron chi connectivity index (χ2n) is 13.5. The summed E-state index contributed by atoms with van der Waals surface area (Å²) < 4.78 is 11.3. The number of unbranched alkanes of at least 4 members (excludes halogenated alkanes) is 7. The number of Topliss-reactive ketones (excluding diaryl/α,β-unsaturated/α-hetero) is 1. The van der Waals surface area contributed by atoms with Gasteiger partial charge in [0.05, 0.1) is 12.0 Å². The van der Waals surface area contributed by atoms with Crippen molar-refractivity contribution < 1.29 is 38.6 Å². The maximum absolute atomic E-state index is 14.5. The van der Waals surface area contributed by atoms with Crippen molar-refractivity contribution in [2.75, 3.05) is 6.61 Å². The first kappa shape index (κ1) is 39.9. The van der Waals surface area contributed by atoms with Gasteiger partial charge in [0.15, 0.2) is 17.7 Å². The SMILES string of the molecule is CC(=O)O[C@H](C(=O)C=C(C(=O)CCCCCCCCCCO)c1cccc(C)c1)[C@H](Cc1ccccc1)C(=O)N1C(=O)O[C@H](c2ccccc2)[C@@H]1C. The number of esters is 1. The standard InChI is InChI=1S/C43H51NO8/c1-30-19-18-24-35(27-30)36(38(47)25-16-8-6-4-5-7-9-17-26-45)29-39(48)41(51-32(3)46)37(28-33-20-12-10-13-21-33)42(49)44-31(2)40(52-43(44)50)34-22-14-11-15-23-34/h10-15,18-24,27,29,31,37,40-41,45H,4-9,16-17,25-26,28H2,1-3H3/t31-,37-,40-,41-/m0/s1. The molecule has 0 saturated carbocycles. The Labute approximate surface area is 307 Å². The lowest BCUT2D eigenvalue weighted by Crippen LogP contribution is -2.49. The molecule has 0 aliphatic carbocycles. The number of carbonyl (C=O) groups excluding carboxylic acids is 5. The van der Waals surface area contributed by atoms with Crippen molar-refractivity contribution >= 4 is 35.1 Å². The Morgan fingerprint density at radius 2 is 1.46 bits per heavy atom. The molecule has 52 heavy (non-hydrogen) atoms. The molecule has 1 N–H and O–H groups in total. The van der Waals surface area contributed by atoms with Gasteiger partial charge < -0.3 is 14.6 Å². The maximum Gasteiger partial charge on any atom is 0.417 e.